The lowest BCUT2D eigenvalue weighted by atomic mass is 10.2. The number of hydrogen-bond acceptors (Lipinski definition) is 2. The number of nitrogen functional groups attached to an aromatic ring is 1. The van der Waals surface area contributed by atoms with Crippen molar-refractivity contribution in [2.45, 2.75) is 39.2 Å². The topological polar surface area (TPSA) is 54.7 Å². The lowest BCUT2D eigenvalue weighted by Gasteiger charge is -2.16. The summed E-state index contributed by atoms with van der Waals surface area (Å²) < 4.78 is 2.13. The van der Waals surface area contributed by atoms with Gasteiger partial charge < -0.3 is 10.3 Å². The summed E-state index contributed by atoms with van der Waals surface area (Å²) in [5.41, 5.74) is 8.97. The Bertz CT molecular complexity index is 430. The molecule has 0 aromatic carbocycles. The van der Waals surface area contributed by atoms with Crippen LogP contribution in [0.4, 0.5) is 5.82 Å². The highest BCUT2D eigenvalue weighted by atomic mass is 15.2. The van der Waals surface area contributed by atoms with Crippen molar-refractivity contribution in [1.82, 2.24) is 4.57 Å². The van der Waals surface area contributed by atoms with E-state index < -0.39 is 0 Å². The minimum absolute atomic E-state index is 0.175. The Morgan fingerprint density at radius 1 is 1.43 bits per heavy atom. The molecule has 0 unspecified atom stereocenters. The highest BCUT2D eigenvalue weighted by Crippen LogP contribution is 2.47. The van der Waals surface area contributed by atoms with Gasteiger partial charge in [-0.05, 0) is 39.2 Å². The zero-order chi connectivity index (χ0) is 10.5. The van der Waals surface area contributed by atoms with E-state index in [1.165, 1.54) is 0 Å². The fourth-order valence-corrected chi connectivity index (χ4v) is 2.07. The molecule has 3 nitrogen and oxygen atoms in total. The third-order valence-corrected chi connectivity index (χ3v) is 3.38. The van der Waals surface area contributed by atoms with Crippen LogP contribution in [0.1, 0.15) is 36.6 Å². The number of rotatable bonds is 1. The number of nitrogens with zero attached hydrogens (tertiary/aromatic N) is 2. The van der Waals surface area contributed by atoms with Crippen molar-refractivity contribution in [3.8, 4) is 6.07 Å². The number of aromatic nitrogens is 1. The summed E-state index contributed by atoms with van der Waals surface area (Å²) >= 11 is 0. The molecular weight excluding hydrogens is 174 g/mol. The molecule has 1 saturated carbocycles. The van der Waals surface area contributed by atoms with Gasteiger partial charge in [0, 0.05) is 11.2 Å². The summed E-state index contributed by atoms with van der Waals surface area (Å²) in [4.78, 5) is 0. The predicted molar refractivity (Wildman–Crippen MR) is 55.9 cm³/mol. The Hall–Kier alpha value is -1.43. The van der Waals surface area contributed by atoms with E-state index >= 15 is 0 Å². The second-order valence-corrected chi connectivity index (χ2v) is 4.41. The van der Waals surface area contributed by atoms with Crippen molar-refractivity contribution >= 4 is 5.82 Å². The molecule has 0 amide bonds. The third-order valence-electron chi connectivity index (χ3n) is 3.38. The van der Waals surface area contributed by atoms with E-state index in [2.05, 4.69) is 17.6 Å². The number of anilines is 1. The van der Waals surface area contributed by atoms with Crippen LogP contribution in [-0.4, -0.2) is 4.57 Å². The van der Waals surface area contributed by atoms with Crippen LogP contribution in [0.2, 0.25) is 0 Å². The zero-order valence-corrected chi connectivity index (χ0v) is 8.89. The van der Waals surface area contributed by atoms with Crippen molar-refractivity contribution in [2.24, 2.45) is 0 Å². The molecule has 0 spiro atoms. The molecule has 2 rings (SSSR count). The maximum atomic E-state index is 8.98. The van der Waals surface area contributed by atoms with Crippen LogP contribution in [0, 0.1) is 25.2 Å². The van der Waals surface area contributed by atoms with Gasteiger partial charge in [-0.3, -0.25) is 0 Å². The summed E-state index contributed by atoms with van der Waals surface area (Å²) in [7, 11) is 0. The van der Waals surface area contributed by atoms with Crippen LogP contribution in [0.5, 0.6) is 0 Å². The van der Waals surface area contributed by atoms with Crippen LogP contribution < -0.4 is 5.73 Å². The lowest BCUT2D eigenvalue weighted by molar-refractivity contribution is 0.529. The van der Waals surface area contributed by atoms with Gasteiger partial charge in [0.2, 0.25) is 0 Å². The largest absolute Gasteiger partial charge is 0.384 e. The van der Waals surface area contributed by atoms with Crippen LogP contribution in [0.15, 0.2) is 0 Å². The average molecular weight is 189 g/mol. The standard InChI is InChI=1S/C11H15N3/c1-7-8(2)14(11(3)4-5-11)10(13)9(7)6-12/h4-5,13H2,1-3H3. The van der Waals surface area contributed by atoms with Crippen molar-refractivity contribution in [3.05, 3.63) is 16.8 Å². The zero-order valence-electron chi connectivity index (χ0n) is 8.89. The van der Waals surface area contributed by atoms with E-state index in [1.54, 1.807) is 0 Å². The maximum absolute atomic E-state index is 8.98. The molecule has 14 heavy (non-hydrogen) atoms. The minimum atomic E-state index is 0.175. The fraction of sp³-hybridized carbons (Fsp3) is 0.545. The van der Waals surface area contributed by atoms with E-state index in [9.17, 15) is 0 Å². The number of nitriles is 1. The van der Waals surface area contributed by atoms with Crippen LogP contribution >= 0.6 is 0 Å². The Morgan fingerprint density at radius 2 is 2.00 bits per heavy atom. The van der Waals surface area contributed by atoms with E-state index in [-0.39, 0.29) is 5.54 Å². The van der Waals surface area contributed by atoms with Gasteiger partial charge >= 0.3 is 0 Å². The van der Waals surface area contributed by atoms with Crippen LogP contribution in [0.3, 0.4) is 0 Å². The Labute approximate surface area is 84.1 Å². The Morgan fingerprint density at radius 3 is 2.36 bits per heavy atom. The molecule has 0 aliphatic heterocycles. The first-order valence-corrected chi connectivity index (χ1v) is 4.89. The highest BCUT2D eigenvalue weighted by molar-refractivity contribution is 5.58. The van der Waals surface area contributed by atoms with E-state index in [1.807, 2.05) is 13.8 Å². The molecule has 1 aliphatic rings. The maximum Gasteiger partial charge on any atom is 0.122 e. The Kier molecular flexibility index (Phi) is 1.66. The number of hydrogen-bond donors (Lipinski definition) is 1. The summed E-state index contributed by atoms with van der Waals surface area (Å²) in [5, 5.41) is 8.98. The van der Waals surface area contributed by atoms with Crippen molar-refractivity contribution in [3.63, 3.8) is 0 Å². The first-order chi connectivity index (χ1) is 6.51. The molecule has 0 saturated heterocycles. The average Bonchev–Trinajstić information content (AvgIpc) is 2.80. The molecule has 74 valence electrons. The molecule has 0 radical (unpaired) electrons. The fourth-order valence-electron chi connectivity index (χ4n) is 2.07. The molecule has 3 heteroatoms. The van der Waals surface area contributed by atoms with E-state index in [4.69, 9.17) is 11.0 Å². The molecular formula is C11H15N3. The SMILES string of the molecule is Cc1c(C#N)c(N)n(C2(C)CC2)c1C. The predicted octanol–water partition coefficient (Wildman–Crippen LogP) is 2.07. The normalized spacial score (nSPS) is 17.9. The highest BCUT2D eigenvalue weighted by Gasteiger charge is 2.42. The number of nitrogens with two attached hydrogens (primary N) is 1. The van der Waals surface area contributed by atoms with Gasteiger partial charge in [-0.25, -0.2) is 0 Å². The van der Waals surface area contributed by atoms with Gasteiger partial charge in [0.15, 0.2) is 0 Å². The monoisotopic (exact) mass is 189 g/mol. The van der Waals surface area contributed by atoms with Gasteiger partial charge in [0.1, 0.15) is 11.9 Å². The molecule has 1 aromatic heterocycles. The van der Waals surface area contributed by atoms with Crippen molar-refractivity contribution < 1.29 is 0 Å². The van der Waals surface area contributed by atoms with Gasteiger partial charge in [-0.15, -0.1) is 0 Å². The molecule has 1 heterocycles. The molecule has 1 aliphatic carbocycles. The second kappa shape index (κ2) is 2.54. The van der Waals surface area contributed by atoms with Crippen LogP contribution in [0.25, 0.3) is 0 Å². The molecule has 1 aromatic rings. The van der Waals surface area contributed by atoms with Crippen molar-refractivity contribution in [2.75, 3.05) is 5.73 Å². The molecule has 1 fully saturated rings. The first-order valence-electron chi connectivity index (χ1n) is 4.89. The quantitative estimate of drug-likeness (QED) is 0.735. The minimum Gasteiger partial charge on any atom is -0.384 e. The molecule has 0 atom stereocenters. The van der Waals surface area contributed by atoms with Gasteiger partial charge in [0.25, 0.3) is 0 Å². The first kappa shape index (κ1) is 9.14. The summed E-state index contributed by atoms with van der Waals surface area (Å²) in [5.74, 6) is 0.641. The summed E-state index contributed by atoms with van der Waals surface area (Å²) in [6.07, 6.45) is 2.33. The second-order valence-electron chi connectivity index (χ2n) is 4.41. The molecule has 0 bridgehead atoms. The van der Waals surface area contributed by atoms with Crippen molar-refractivity contribution in [1.29, 1.82) is 5.26 Å². The van der Waals surface area contributed by atoms with Gasteiger partial charge in [-0.1, -0.05) is 0 Å². The summed E-state index contributed by atoms with van der Waals surface area (Å²) in [6.45, 7) is 6.19. The third kappa shape index (κ3) is 0.971. The molecule has 2 N–H and O–H groups in total. The van der Waals surface area contributed by atoms with Crippen LogP contribution in [-0.2, 0) is 5.54 Å². The van der Waals surface area contributed by atoms with E-state index in [0.29, 0.717) is 11.4 Å². The summed E-state index contributed by atoms with van der Waals surface area (Å²) in [6, 6.07) is 2.18. The van der Waals surface area contributed by atoms with E-state index in [0.717, 1.165) is 24.1 Å². The van der Waals surface area contributed by atoms with Gasteiger partial charge in [0.05, 0.1) is 5.56 Å². The lowest BCUT2D eigenvalue weighted by Crippen LogP contribution is -2.16. The smallest absolute Gasteiger partial charge is 0.122 e. The van der Waals surface area contributed by atoms with Gasteiger partial charge in [-0.2, -0.15) is 5.26 Å². The Balaban J connectivity index is 2.68.